The third-order valence-electron chi connectivity index (χ3n) is 4.92. The summed E-state index contributed by atoms with van der Waals surface area (Å²) >= 11 is 0. The molecule has 11 heteroatoms. The number of hydrogen-bond acceptors (Lipinski definition) is 6. The van der Waals surface area contributed by atoms with Crippen LogP contribution in [0.5, 0.6) is 17.2 Å². The molecule has 0 saturated heterocycles. The van der Waals surface area contributed by atoms with Crippen molar-refractivity contribution in [3.8, 4) is 23.1 Å². The van der Waals surface area contributed by atoms with Gasteiger partial charge >= 0.3 is 12.1 Å². The molecule has 1 N–H and O–H groups in total. The van der Waals surface area contributed by atoms with Crippen LogP contribution in [0, 0.1) is 5.92 Å². The Kier molecular flexibility index (Phi) is 8.56. The Labute approximate surface area is 200 Å². The van der Waals surface area contributed by atoms with Crippen LogP contribution in [0.1, 0.15) is 31.4 Å². The molecule has 0 aliphatic heterocycles. The second-order valence-corrected chi connectivity index (χ2v) is 7.75. The summed E-state index contributed by atoms with van der Waals surface area (Å²) in [6.07, 6.45) is 0.828. The summed E-state index contributed by atoms with van der Waals surface area (Å²) in [4.78, 5) is 14.8. The van der Waals surface area contributed by atoms with Gasteiger partial charge in [-0.2, -0.15) is 18.3 Å². The van der Waals surface area contributed by atoms with Crippen molar-refractivity contribution < 1.29 is 37.3 Å². The maximum atomic E-state index is 13.0. The first-order chi connectivity index (χ1) is 16.7. The van der Waals surface area contributed by atoms with Crippen molar-refractivity contribution in [1.82, 2.24) is 14.8 Å². The minimum absolute atomic E-state index is 0.000146. The van der Waals surface area contributed by atoms with Crippen molar-refractivity contribution in [3.63, 3.8) is 0 Å². The van der Waals surface area contributed by atoms with E-state index in [0.717, 1.165) is 17.8 Å². The minimum atomic E-state index is -4.52. The van der Waals surface area contributed by atoms with Gasteiger partial charge < -0.3 is 19.3 Å². The third-order valence-corrected chi connectivity index (χ3v) is 4.92. The molecule has 3 rings (SSSR count). The molecule has 8 nitrogen and oxygen atoms in total. The van der Waals surface area contributed by atoms with Crippen LogP contribution >= 0.6 is 0 Å². The summed E-state index contributed by atoms with van der Waals surface area (Å²) in [5.74, 6) is -0.258. The van der Waals surface area contributed by atoms with Crippen LogP contribution in [0.25, 0.3) is 5.82 Å². The van der Waals surface area contributed by atoms with Gasteiger partial charge in [-0.15, -0.1) is 0 Å². The van der Waals surface area contributed by atoms with Gasteiger partial charge in [0.15, 0.2) is 11.6 Å². The molecule has 2 heterocycles. The molecule has 2 aromatic heterocycles. The molecule has 35 heavy (non-hydrogen) atoms. The number of ether oxygens (including phenoxy) is 3. The summed E-state index contributed by atoms with van der Waals surface area (Å²) in [6.45, 7) is 3.89. The lowest BCUT2D eigenvalue weighted by Gasteiger charge is -2.12. The van der Waals surface area contributed by atoms with Gasteiger partial charge in [-0.05, 0) is 50.5 Å². The predicted octanol–water partition coefficient (Wildman–Crippen LogP) is 4.80. The quantitative estimate of drug-likeness (QED) is 0.362. The van der Waals surface area contributed by atoms with Crippen molar-refractivity contribution in [2.75, 3.05) is 19.8 Å². The molecule has 0 fully saturated rings. The zero-order chi connectivity index (χ0) is 25.4. The Morgan fingerprint density at radius 1 is 1.14 bits per heavy atom. The van der Waals surface area contributed by atoms with Crippen LogP contribution in [-0.2, 0) is 17.4 Å². The van der Waals surface area contributed by atoms with Gasteiger partial charge in [0.2, 0.25) is 0 Å². The zero-order valence-electron chi connectivity index (χ0n) is 19.3. The first-order valence-electron chi connectivity index (χ1n) is 11.0. The number of carbonyl (C=O) groups is 1. The summed E-state index contributed by atoms with van der Waals surface area (Å²) in [5, 5.41) is 13.1. The van der Waals surface area contributed by atoms with E-state index >= 15 is 0 Å². The summed E-state index contributed by atoms with van der Waals surface area (Å²) in [7, 11) is 0. The van der Waals surface area contributed by atoms with Crippen LogP contribution in [-0.4, -0.2) is 45.7 Å². The van der Waals surface area contributed by atoms with Crippen LogP contribution in [0.15, 0.2) is 48.9 Å². The number of carboxylic acids is 1. The van der Waals surface area contributed by atoms with Crippen LogP contribution < -0.4 is 14.2 Å². The molecule has 188 valence electrons. The molecule has 0 saturated carbocycles. The molecule has 1 aromatic carbocycles. The lowest BCUT2D eigenvalue weighted by atomic mass is 10.2. The molecule has 0 spiro atoms. The van der Waals surface area contributed by atoms with Crippen molar-refractivity contribution in [2.45, 2.75) is 32.9 Å². The molecule has 1 atom stereocenters. The second kappa shape index (κ2) is 11.6. The van der Waals surface area contributed by atoms with Crippen LogP contribution in [0.4, 0.5) is 13.2 Å². The average Bonchev–Trinajstić information content (AvgIpc) is 3.29. The van der Waals surface area contributed by atoms with E-state index in [1.165, 1.54) is 4.68 Å². The fourth-order valence-electron chi connectivity index (χ4n) is 3.04. The van der Waals surface area contributed by atoms with E-state index in [9.17, 15) is 18.0 Å². The van der Waals surface area contributed by atoms with Gasteiger partial charge in [0.05, 0.1) is 30.9 Å². The van der Waals surface area contributed by atoms with Crippen LogP contribution in [0.2, 0.25) is 0 Å². The van der Waals surface area contributed by atoms with Gasteiger partial charge in [-0.3, -0.25) is 4.79 Å². The number of benzene rings is 1. The Morgan fingerprint density at radius 2 is 1.89 bits per heavy atom. The van der Waals surface area contributed by atoms with Gasteiger partial charge in [-0.25, -0.2) is 9.67 Å². The smallest absolute Gasteiger partial charge is 0.418 e. The number of nitrogens with zero attached hydrogens (tertiary/aromatic N) is 3. The highest BCUT2D eigenvalue weighted by Gasteiger charge is 2.32. The van der Waals surface area contributed by atoms with E-state index < -0.39 is 23.6 Å². The molecule has 0 bridgehead atoms. The lowest BCUT2D eigenvalue weighted by molar-refractivity contribution is -0.142. The van der Waals surface area contributed by atoms with E-state index in [0.29, 0.717) is 30.9 Å². The fourth-order valence-corrected chi connectivity index (χ4v) is 3.04. The topological polar surface area (TPSA) is 95.7 Å². The van der Waals surface area contributed by atoms with E-state index in [2.05, 4.69) is 10.1 Å². The van der Waals surface area contributed by atoms with Crippen molar-refractivity contribution in [2.24, 2.45) is 5.92 Å². The molecule has 3 aromatic rings. The van der Waals surface area contributed by atoms with Crippen molar-refractivity contribution >= 4 is 5.97 Å². The van der Waals surface area contributed by atoms with Crippen LogP contribution in [0.3, 0.4) is 0 Å². The second-order valence-electron chi connectivity index (χ2n) is 7.75. The number of carboxylic acid groups (broad SMARTS) is 1. The summed E-state index contributed by atoms with van der Waals surface area (Å²) in [5.41, 5.74) is -0.0300. The Balaban J connectivity index is 1.55. The van der Waals surface area contributed by atoms with Crippen molar-refractivity contribution in [1.29, 1.82) is 0 Å². The minimum Gasteiger partial charge on any atom is -0.493 e. The molecule has 0 radical (unpaired) electrons. The molecule has 0 aliphatic carbocycles. The fraction of sp³-hybridized carbons (Fsp3) is 0.375. The first-order valence-corrected chi connectivity index (χ1v) is 11.0. The van der Waals surface area contributed by atoms with E-state index in [1.807, 2.05) is 0 Å². The standard InChI is InChI=1S/C24H26F3N3O5/c1-3-33-21-10-18(24(25,26)27)13-28-22(21)30-14-17(12-29-30)6-5-9-34-19-7-4-8-20(11-19)35-15-16(2)23(31)32/h4,7-8,10-14,16H,3,5-6,9,15H2,1-2H3,(H,31,32). The summed E-state index contributed by atoms with van der Waals surface area (Å²) < 4.78 is 57.0. The third kappa shape index (κ3) is 7.36. The number of rotatable bonds is 12. The Hall–Kier alpha value is -3.76. The largest absolute Gasteiger partial charge is 0.493 e. The van der Waals surface area contributed by atoms with E-state index in [4.69, 9.17) is 19.3 Å². The number of pyridine rings is 1. The van der Waals surface area contributed by atoms with Gasteiger partial charge in [0.25, 0.3) is 0 Å². The summed E-state index contributed by atoms with van der Waals surface area (Å²) in [6, 6.07) is 7.87. The van der Waals surface area contributed by atoms with Crippen molar-refractivity contribution in [3.05, 3.63) is 60.0 Å². The predicted molar refractivity (Wildman–Crippen MR) is 120 cm³/mol. The highest BCUT2D eigenvalue weighted by molar-refractivity contribution is 5.69. The maximum absolute atomic E-state index is 13.0. The number of hydrogen-bond donors (Lipinski definition) is 1. The number of alkyl halides is 3. The van der Waals surface area contributed by atoms with Gasteiger partial charge in [0.1, 0.15) is 18.1 Å². The number of aliphatic carboxylic acids is 1. The first kappa shape index (κ1) is 25.9. The normalized spacial score (nSPS) is 12.3. The Bertz CT molecular complexity index is 1130. The molecule has 0 amide bonds. The molecular formula is C24H26F3N3O5. The van der Waals surface area contributed by atoms with E-state index in [-0.39, 0.29) is 24.8 Å². The lowest BCUT2D eigenvalue weighted by Crippen LogP contribution is -2.17. The molecule has 0 aliphatic rings. The number of aromatic nitrogens is 3. The van der Waals surface area contributed by atoms with E-state index in [1.54, 1.807) is 50.5 Å². The Morgan fingerprint density at radius 3 is 2.57 bits per heavy atom. The number of halogens is 3. The van der Waals surface area contributed by atoms with Gasteiger partial charge in [-0.1, -0.05) is 6.07 Å². The zero-order valence-corrected chi connectivity index (χ0v) is 19.3. The van der Waals surface area contributed by atoms with Gasteiger partial charge in [0, 0.05) is 18.5 Å². The monoisotopic (exact) mass is 493 g/mol. The highest BCUT2D eigenvalue weighted by Crippen LogP contribution is 2.33. The number of aryl methyl sites for hydroxylation is 1. The average molecular weight is 493 g/mol. The SMILES string of the molecule is CCOc1cc(C(F)(F)F)cnc1-n1cc(CCCOc2cccc(OCC(C)C(=O)O)c2)cn1. The maximum Gasteiger partial charge on any atom is 0.418 e. The molecular weight excluding hydrogens is 467 g/mol. The highest BCUT2D eigenvalue weighted by atomic mass is 19.4. The molecule has 1 unspecified atom stereocenters.